The predicted octanol–water partition coefficient (Wildman–Crippen LogP) is 3.31. The lowest BCUT2D eigenvalue weighted by atomic mass is 10.2. The summed E-state index contributed by atoms with van der Waals surface area (Å²) in [6, 6.07) is 13.1. The molecule has 0 aliphatic heterocycles. The Morgan fingerprint density at radius 1 is 1.17 bits per heavy atom. The van der Waals surface area contributed by atoms with E-state index in [1.54, 1.807) is 7.11 Å². The molecule has 5 heteroatoms. The van der Waals surface area contributed by atoms with Crippen LogP contribution in [0.2, 0.25) is 0 Å². The van der Waals surface area contributed by atoms with Crippen molar-refractivity contribution in [3.05, 3.63) is 59.9 Å². The topological polar surface area (TPSA) is 47.6 Å². The third kappa shape index (κ3) is 4.98. The number of benzene rings is 2. The molecule has 1 atom stereocenters. The van der Waals surface area contributed by atoms with Crippen LogP contribution in [0.5, 0.6) is 11.5 Å². The Bertz CT molecular complexity index is 643. The lowest BCUT2D eigenvalue weighted by molar-refractivity contribution is -0.128. The van der Waals surface area contributed by atoms with Crippen molar-refractivity contribution < 1.29 is 18.7 Å². The first-order chi connectivity index (χ1) is 11.1. The summed E-state index contributed by atoms with van der Waals surface area (Å²) in [5.74, 6) is 0.661. The Kier molecular flexibility index (Phi) is 5.97. The predicted molar refractivity (Wildman–Crippen MR) is 85.9 cm³/mol. The van der Waals surface area contributed by atoms with Crippen molar-refractivity contribution in [3.8, 4) is 11.5 Å². The van der Waals surface area contributed by atoms with Crippen LogP contribution in [0.3, 0.4) is 0 Å². The summed E-state index contributed by atoms with van der Waals surface area (Å²) < 4.78 is 23.7. The maximum atomic E-state index is 12.9. The van der Waals surface area contributed by atoms with Crippen molar-refractivity contribution >= 4 is 5.91 Å². The summed E-state index contributed by atoms with van der Waals surface area (Å²) >= 11 is 0. The summed E-state index contributed by atoms with van der Waals surface area (Å²) in [7, 11) is 1.60. The summed E-state index contributed by atoms with van der Waals surface area (Å²) in [5.41, 5.74) is 0.939. The van der Waals surface area contributed by atoms with E-state index in [1.165, 1.54) is 24.3 Å². The molecule has 0 aliphatic carbocycles. The van der Waals surface area contributed by atoms with Gasteiger partial charge >= 0.3 is 0 Å². The second-order valence-electron chi connectivity index (χ2n) is 5.04. The van der Waals surface area contributed by atoms with Crippen LogP contribution in [-0.4, -0.2) is 19.1 Å². The van der Waals surface area contributed by atoms with Gasteiger partial charge in [0.25, 0.3) is 5.91 Å². The molecule has 1 N–H and O–H groups in total. The van der Waals surface area contributed by atoms with E-state index in [4.69, 9.17) is 9.47 Å². The Labute approximate surface area is 135 Å². The van der Waals surface area contributed by atoms with E-state index in [2.05, 4.69) is 5.32 Å². The molecule has 0 saturated heterocycles. The second-order valence-corrected chi connectivity index (χ2v) is 5.04. The van der Waals surface area contributed by atoms with Crippen LogP contribution < -0.4 is 14.8 Å². The number of rotatable bonds is 7. The molecule has 0 fully saturated rings. The van der Waals surface area contributed by atoms with E-state index in [-0.39, 0.29) is 11.7 Å². The number of hydrogen-bond donors (Lipinski definition) is 1. The molecular weight excluding hydrogens is 297 g/mol. The number of hydrogen-bond acceptors (Lipinski definition) is 3. The highest BCUT2D eigenvalue weighted by Crippen LogP contribution is 2.15. The summed E-state index contributed by atoms with van der Waals surface area (Å²) in [6.45, 7) is 2.25. The highest BCUT2D eigenvalue weighted by Gasteiger charge is 2.18. The molecule has 0 spiro atoms. The molecule has 4 nitrogen and oxygen atoms in total. The molecule has 23 heavy (non-hydrogen) atoms. The third-order valence-electron chi connectivity index (χ3n) is 3.36. The second kappa shape index (κ2) is 8.17. The largest absolute Gasteiger partial charge is 0.497 e. The van der Waals surface area contributed by atoms with Gasteiger partial charge in [0.1, 0.15) is 17.3 Å². The minimum Gasteiger partial charge on any atom is -0.497 e. The van der Waals surface area contributed by atoms with Gasteiger partial charge in [-0.1, -0.05) is 19.1 Å². The van der Waals surface area contributed by atoms with Crippen LogP contribution in [0.4, 0.5) is 4.39 Å². The molecule has 2 rings (SSSR count). The van der Waals surface area contributed by atoms with Gasteiger partial charge in [0.05, 0.1) is 7.11 Å². The van der Waals surface area contributed by atoms with Crippen molar-refractivity contribution in [2.24, 2.45) is 0 Å². The first-order valence-electron chi connectivity index (χ1n) is 7.45. The lowest BCUT2D eigenvalue weighted by Gasteiger charge is -2.17. The highest BCUT2D eigenvalue weighted by atomic mass is 19.1. The summed E-state index contributed by atoms with van der Waals surface area (Å²) in [6.07, 6.45) is -0.104. The number of amides is 1. The van der Waals surface area contributed by atoms with Crippen LogP contribution in [-0.2, 0) is 11.3 Å². The Hall–Kier alpha value is -2.56. The molecule has 0 aromatic heterocycles. The van der Waals surface area contributed by atoms with Crippen molar-refractivity contribution in [2.45, 2.75) is 26.0 Å². The van der Waals surface area contributed by atoms with Gasteiger partial charge in [-0.2, -0.15) is 0 Å². The number of ether oxygens (including phenoxy) is 2. The van der Waals surface area contributed by atoms with Gasteiger partial charge in [-0.25, -0.2) is 4.39 Å². The fourth-order valence-corrected chi connectivity index (χ4v) is 2.09. The zero-order valence-corrected chi connectivity index (χ0v) is 13.2. The van der Waals surface area contributed by atoms with Gasteiger partial charge in [-0.05, 0) is 48.4 Å². The fraction of sp³-hybridized carbons (Fsp3) is 0.278. The normalized spacial score (nSPS) is 11.6. The van der Waals surface area contributed by atoms with Crippen LogP contribution in [0.25, 0.3) is 0 Å². The van der Waals surface area contributed by atoms with E-state index in [1.807, 2.05) is 31.2 Å². The molecule has 1 amide bonds. The molecule has 0 aliphatic rings. The van der Waals surface area contributed by atoms with Crippen LogP contribution in [0.15, 0.2) is 48.5 Å². The minimum atomic E-state index is -0.619. The van der Waals surface area contributed by atoms with E-state index < -0.39 is 6.10 Å². The average molecular weight is 317 g/mol. The van der Waals surface area contributed by atoms with Crippen molar-refractivity contribution in [1.82, 2.24) is 5.32 Å². The van der Waals surface area contributed by atoms with Gasteiger partial charge in [0, 0.05) is 6.54 Å². The number of carbonyl (C=O) groups is 1. The van der Waals surface area contributed by atoms with E-state index in [0.29, 0.717) is 18.7 Å². The van der Waals surface area contributed by atoms with Crippen molar-refractivity contribution in [3.63, 3.8) is 0 Å². The SMILES string of the molecule is CCC(Oc1ccc(F)cc1)C(=O)NCc1cccc(OC)c1. The molecule has 122 valence electrons. The zero-order chi connectivity index (χ0) is 16.7. The number of methoxy groups -OCH3 is 1. The van der Waals surface area contributed by atoms with Crippen LogP contribution in [0, 0.1) is 5.82 Å². The Balaban J connectivity index is 1.92. The van der Waals surface area contributed by atoms with Crippen LogP contribution in [0.1, 0.15) is 18.9 Å². The maximum Gasteiger partial charge on any atom is 0.261 e. The van der Waals surface area contributed by atoms with Gasteiger partial charge in [-0.3, -0.25) is 4.79 Å². The van der Waals surface area contributed by atoms with E-state index in [9.17, 15) is 9.18 Å². The summed E-state index contributed by atoms with van der Waals surface area (Å²) in [4.78, 5) is 12.2. The quantitative estimate of drug-likeness (QED) is 0.852. The summed E-state index contributed by atoms with van der Waals surface area (Å²) in [5, 5.41) is 2.84. The number of carbonyl (C=O) groups excluding carboxylic acids is 1. The fourth-order valence-electron chi connectivity index (χ4n) is 2.09. The molecule has 2 aromatic rings. The zero-order valence-electron chi connectivity index (χ0n) is 13.2. The first kappa shape index (κ1) is 16.8. The van der Waals surface area contributed by atoms with E-state index in [0.717, 1.165) is 11.3 Å². The third-order valence-corrected chi connectivity index (χ3v) is 3.36. The molecular formula is C18H20FNO3. The van der Waals surface area contributed by atoms with Crippen molar-refractivity contribution in [2.75, 3.05) is 7.11 Å². The molecule has 2 aromatic carbocycles. The Morgan fingerprint density at radius 2 is 1.91 bits per heavy atom. The first-order valence-corrected chi connectivity index (χ1v) is 7.45. The average Bonchev–Trinajstić information content (AvgIpc) is 2.59. The van der Waals surface area contributed by atoms with Gasteiger partial charge in [0.15, 0.2) is 6.10 Å². The monoisotopic (exact) mass is 317 g/mol. The van der Waals surface area contributed by atoms with Crippen molar-refractivity contribution in [1.29, 1.82) is 0 Å². The molecule has 1 unspecified atom stereocenters. The van der Waals surface area contributed by atoms with E-state index >= 15 is 0 Å². The van der Waals surface area contributed by atoms with Gasteiger partial charge < -0.3 is 14.8 Å². The molecule has 0 radical (unpaired) electrons. The maximum absolute atomic E-state index is 12.9. The molecule has 0 saturated carbocycles. The molecule has 0 heterocycles. The standard InChI is InChI=1S/C18H20FNO3/c1-3-17(23-15-9-7-14(19)8-10-15)18(21)20-12-13-5-4-6-16(11-13)22-2/h4-11,17H,3,12H2,1-2H3,(H,20,21). The van der Waals surface area contributed by atoms with Crippen LogP contribution >= 0.6 is 0 Å². The minimum absolute atomic E-state index is 0.209. The van der Waals surface area contributed by atoms with Gasteiger partial charge in [-0.15, -0.1) is 0 Å². The molecule has 0 bridgehead atoms. The lowest BCUT2D eigenvalue weighted by Crippen LogP contribution is -2.37. The smallest absolute Gasteiger partial charge is 0.261 e. The number of halogens is 1. The highest BCUT2D eigenvalue weighted by molar-refractivity contribution is 5.81. The van der Waals surface area contributed by atoms with Gasteiger partial charge in [0.2, 0.25) is 0 Å². The Morgan fingerprint density at radius 3 is 2.57 bits per heavy atom. The number of nitrogens with one attached hydrogen (secondary N) is 1.